The zero-order chi connectivity index (χ0) is 13.1. The van der Waals surface area contributed by atoms with Crippen molar-refractivity contribution in [3.8, 4) is 0 Å². The number of para-hydroxylation sites is 1. The molecule has 0 saturated carbocycles. The molecule has 1 N–H and O–H groups in total. The fraction of sp³-hybridized carbons (Fsp3) is 0.647. The molecule has 104 valence electrons. The molecule has 0 aliphatic carbocycles. The lowest BCUT2D eigenvalue weighted by atomic mass is 9.93. The van der Waals surface area contributed by atoms with Crippen molar-refractivity contribution >= 4 is 5.69 Å². The summed E-state index contributed by atoms with van der Waals surface area (Å²) in [4.78, 5) is 2.62. The van der Waals surface area contributed by atoms with Gasteiger partial charge in [0.25, 0.3) is 0 Å². The van der Waals surface area contributed by atoms with Crippen LogP contribution in [0.5, 0.6) is 0 Å². The molecule has 0 spiro atoms. The lowest BCUT2D eigenvalue weighted by molar-refractivity contribution is 0.462. The molecule has 1 fully saturated rings. The van der Waals surface area contributed by atoms with Crippen LogP contribution in [0, 0.1) is 5.92 Å². The van der Waals surface area contributed by atoms with Gasteiger partial charge in [-0.2, -0.15) is 0 Å². The highest BCUT2D eigenvalue weighted by Crippen LogP contribution is 2.29. The lowest BCUT2D eigenvalue weighted by Gasteiger charge is -2.37. The topological polar surface area (TPSA) is 15.3 Å². The minimum Gasteiger partial charge on any atom is -0.369 e. The van der Waals surface area contributed by atoms with Crippen LogP contribution in [0.1, 0.15) is 38.2 Å². The fourth-order valence-corrected chi connectivity index (χ4v) is 3.60. The fourth-order valence-electron chi connectivity index (χ4n) is 3.60. The highest BCUT2D eigenvalue weighted by Gasteiger charge is 2.23. The molecule has 2 nitrogen and oxygen atoms in total. The molecule has 3 rings (SSSR count). The van der Waals surface area contributed by atoms with Gasteiger partial charge in [-0.25, -0.2) is 0 Å². The van der Waals surface area contributed by atoms with Crippen LogP contribution in [0.3, 0.4) is 0 Å². The summed E-state index contributed by atoms with van der Waals surface area (Å²) in [6.07, 6.45) is 6.72. The van der Waals surface area contributed by atoms with E-state index in [2.05, 4.69) is 41.4 Å². The van der Waals surface area contributed by atoms with Crippen LogP contribution in [0.4, 0.5) is 5.69 Å². The normalized spacial score (nSPS) is 27.7. The Morgan fingerprint density at radius 2 is 2.11 bits per heavy atom. The summed E-state index contributed by atoms with van der Waals surface area (Å²) in [5, 5.41) is 3.73. The lowest BCUT2D eigenvalue weighted by Crippen LogP contribution is -2.44. The van der Waals surface area contributed by atoms with E-state index in [9.17, 15) is 0 Å². The summed E-state index contributed by atoms with van der Waals surface area (Å²) in [5.74, 6) is 0.778. The highest BCUT2D eigenvalue weighted by atomic mass is 15.2. The number of nitrogens with one attached hydrogen (secondary N) is 1. The predicted octanol–water partition coefficient (Wildman–Crippen LogP) is 3.22. The number of fused-ring (bicyclic) bond motifs is 1. The molecule has 2 unspecified atom stereocenters. The van der Waals surface area contributed by atoms with E-state index in [0.29, 0.717) is 6.04 Å². The number of nitrogens with zero attached hydrogens (tertiary/aromatic N) is 1. The van der Waals surface area contributed by atoms with Crippen LogP contribution in [-0.2, 0) is 6.42 Å². The van der Waals surface area contributed by atoms with Gasteiger partial charge in [0.15, 0.2) is 0 Å². The van der Waals surface area contributed by atoms with Gasteiger partial charge < -0.3 is 10.2 Å². The number of benzene rings is 1. The van der Waals surface area contributed by atoms with Gasteiger partial charge in [0.05, 0.1) is 0 Å². The van der Waals surface area contributed by atoms with Gasteiger partial charge in [-0.3, -0.25) is 0 Å². The molecule has 2 heterocycles. The van der Waals surface area contributed by atoms with Gasteiger partial charge in [-0.1, -0.05) is 38.0 Å². The Kier molecular flexibility index (Phi) is 4.07. The Labute approximate surface area is 117 Å². The molecule has 1 aromatic rings. The second kappa shape index (κ2) is 5.96. The summed E-state index contributed by atoms with van der Waals surface area (Å²) in [7, 11) is 0. The van der Waals surface area contributed by atoms with Gasteiger partial charge >= 0.3 is 0 Å². The smallest absolute Gasteiger partial charge is 0.0399 e. The molecular weight excluding hydrogens is 232 g/mol. The maximum Gasteiger partial charge on any atom is 0.0399 e. The van der Waals surface area contributed by atoms with E-state index in [1.165, 1.54) is 63.0 Å². The maximum absolute atomic E-state index is 3.73. The molecule has 0 amide bonds. The third kappa shape index (κ3) is 3.11. The van der Waals surface area contributed by atoms with E-state index in [-0.39, 0.29) is 0 Å². The number of anilines is 1. The Hall–Kier alpha value is -1.02. The predicted molar refractivity (Wildman–Crippen MR) is 81.8 cm³/mol. The van der Waals surface area contributed by atoms with E-state index < -0.39 is 0 Å². The standard InChI is InChI=1S/C17H26N2/c1-14-11-15-7-4-5-9-17(15)19(12-14)13-16-8-3-2-6-10-18-16/h4-5,7,9,14,16,18H,2-3,6,8,10-13H2,1H3. The minimum atomic E-state index is 0.681. The first-order valence-corrected chi connectivity index (χ1v) is 7.89. The molecular formula is C17H26N2. The van der Waals surface area contributed by atoms with E-state index in [1.807, 2.05) is 0 Å². The quantitative estimate of drug-likeness (QED) is 0.876. The van der Waals surface area contributed by atoms with Gasteiger partial charge in [0.2, 0.25) is 0 Å². The average Bonchev–Trinajstić information content (AvgIpc) is 2.67. The van der Waals surface area contributed by atoms with E-state index in [4.69, 9.17) is 0 Å². The maximum atomic E-state index is 3.73. The first kappa shape index (κ1) is 13.0. The van der Waals surface area contributed by atoms with Crippen LogP contribution in [0.15, 0.2) is 24.3 Å². The van der Waals surface area contributed by atoms with Crippen LogP contribution in [0.25, 0.3) is 0 Å². The monoisotopic (exact) mass is 258 g/mol. The molecule has 2 heteroatoms. The van der Waals surface area contributed by atoms with Crippen molar-refractivity contribution in [1.82, 2.24) is 5.32 Å². The third-order valence-corrected chi connectivity index (χ3v) is 4.54. The van der Waals surface area contributed by atoms with Crippen molar-refractivity contribution in [3.05, 3.63) is 29.8 Å². The van der Waals surface area contributed by atoms with E-state index in [1.54, 1.807) is 0 Å². The molecule has 1 saturated heterocycles. The zero-order valence-corrected chi connectivity index (χ0v) is 12.1. The Morgan fingerprint density at radius 1 is 1.21 bits per heavy atom. The van der Waals surface area contributed by atoms with Crippen molar-refractivity contribution in [1.29, 1.82) is 0 Å². The van der Waals surface area contributed by atoms with Crippen LogP contribution < -0.4 is 10.2 Å². The van der Waals surface area contributed by atoms with Crippen LogP contribution in [0.2, 0.25) is 0 Å². The Bertz CT molecular complexity index is 407. The third-order valence-electron chi connectivity index (χ3n) is 4.54. The van der Waals surface area contributed by atoms with Crippen molar-refractivity contribution < 1.29 is 0 Å². The first-order valence-electron chi connectivity index (χ1n) is 7.89. The molecule has 0 aromatic heterocycles. The largest absolute Gasteiger partial charge is 0.369 e. The van der Waals surface area contributed by atoms with Gasteiger partial charge in [-0.05, 0) is 43.4 Å². The molecule has 2 atom stereocenters. The van der Waals surface area contributed by atoms with Gasteiger partial charge in [-0.15, -0.1) is 0 Å². The van der Waals surface area contributed by atoms with E-state index >= 15 is 0 Å². The van der Waals surface area contributed by atoms with Crippen LogP contribution in [-0.4, -0.2) is 25.7 Å². The Morgan fingerprint density at radius 3 is 3.05 bits per heavy atom. The molecule has 1 aromatic carbocycles. The van der Waals surface area contributed by atoms with Crippen molar-refractivity contribution in [2.75, 3.05) is 24.5 Å². The molecule has 0 radical (unpaired) electrons. The first-order chi connectivity index (χ1) is 9.33. The van der Waals surface area contributed by atoms with Crippen molar-refractivity contribution in [2.45, 2.75) is 45.1 Å². The molecule has 2 aliphatic heterocycles. The molecule has 2 aliphatic rings. The number of hydrogen-bond acceptors (Lipinski definition) is 2. The van der Waals surface area contributed by atoms with Gasteiger partial charge in [0, 0.05) is 24.8 Å². The highest BCUT2D eigenvalue weighted by molar-refractivity contribution is 5.55. The van der Waals surface area contributed by atoms with Crippen molar-refractivity contribution in [2.24, 2.45) is 5.92 Å². The average molecular weight is 258 g/mol. The minimum absolute atomic E-state index is 0.681. The van der Waals surface area contributed by atoms with E-state index in [0.717, 1.165) is 5.92 Å². The number of hydrogen-bond donors (Lipinski definition) is 1. The molecule has 0 bridgehead atoms. The van der Waals surface area contributed by atoms with Crippen molar-refractivity contribution in [3.63, 3.8) is 0 Å². The second-order valence-electron chi connectivity index (χ2n) is 6.34. The summed E-state index contributed by atoms with van der Waals surface area (Å²) in [5.41, 5.74) is 3.02. The number of rotatable bonds is 2. The summed E-state index contributed by atoms with van der Waals surface area (Å²) in [6.45, 7) is 5.98. The summed E-state index contributed by atoms with van der Waals surface area (Å²) >= 11 is 0. The second-order valence-corrected chi connectivity index (χ2v) is 6.34. The summed E-state index contributed by atoms with van der Waals surface area (Å²) < 4.78 is 0. The summed E-state index contributed by atoms with van der Waals surface area (Å²) in [6, 6.07) is 9.65. The Balaban J connectivity index is 1.73. The van der Waals surface area contributed by atoms with Crippen LogP contribution >= 0.6 is 0 Å². The SMILES string of the molecule is CC1Cc2ccccc2N(CC2CCCCCN2)C1. The molecule has 19 heavy (non-hydrogen) atoms. The van der Waals surface area contributed by atoms with Gasteiger partial charge in [0.1, 0.15) is 0 Å². The zero-order valence-electron chi connectivity index (χ0n) is 12.1.